The first kappa shape index (κ1) is 21.6. The van der Waals surface area contributed by atoms with Gasteiger partial charge in [0.2, 0.25) is 5.91 Å². The summed E-state index contributed by atoms with van der Waals surface area (Å²) < 4.78 is 3.26. The van der Waals surface area contributed by atoms with Crippen molar-refractivity contribution in [3.63, 3.8) is 0 Å². The van der Waals surface area contributed by atoms with Crippen molar-refractivity contribution in [2.24, 2.45) is 0 Å². The maximum absolute atomic E-state index is 12.9. The standard InChI is InChI=1S/C27H25N5O2/c1-19-7-2-3-9-22(19)17-31-18-29-26-24(27(31)34)16-30-32(26)14-13-28-25(33)15-21-11-6-10-20-8-4-5-12-23(20)21/h2-12,16,18H,13-15,17H2,1H3,(H,28,33). The number of hydrogen-bond acceptors (Lipinski definition) is 4. The summed E-state index contributed by atoms with van der Waals surface area (Å²) in [4.78, 5) is 30.0. The molecule has 3 aromatic carbocycles. The summed E-state index contributed by atoms with van der Waals surface area (Å²) >= 11 is 0. The van der Waals surface area contributed by atoms with Gasteiger partial charge in [0.05, 0.1) is 25.7 Å². The van der Waals surface area contributed by atoms with E-state index in [2.05, 4.69) is 15.4 Å². The van der Waals surface area contributed by atoms with Crippen molar-refractivity contribution in [3.05, 3.63) is 106 Å². The zero-order valence-electron chi connectivity index (χ0n) is 18.9. The zero-order valence-corrected chi connectivity index (χ0v) is 18.9. The molecule has 0 aliphatic rings. The Balaban J connectivity index is 1.25. The van der Waals surface area contributed by atoms with Crippen LogP contribution in [0.4, 0.5) is 0 Å². The molecule has 0 spiro atoms. The first-order chi connectivity index (χ1) is 16.6. The maximum atomic E-state index is 12.9. The van der Waals surface area contributed by atoms with Gasteiger partial charge in [-0.3, -0.25) is 14.2 Å². The van der Waals surface area contributed by atoms with Crippen molar-refractivity contribution in [2.75, 3.05) is 6.54 Å². The normalized spacial score (nSPS) is 11.2. The highest BCUT2D eigenvalue weighted by molar-refractivity contribution is 5.90. The van der Waals surface area contributed by atoms with Crippen LogP contribution in [-0.2, 0) is 24.3 Å². The molecule has 34 heavy (non-hydrogen) atoms. The molecule has 0 bridgehead atoms. The minimum Gasteiger partial charge on any atom is -0.354 e. The van der Waals surface area contributed by atoms with Gasteiger partial charge in [0.15, 0.2) is 5.65 Å². The van der Waals surface area contributed by atoms with Crippen molar-refractivity contribution >= 4 is 27.7 Å². The van der Waals surface area contributed by atoms with Gasteiger partial charge >= 0.3 is 0 Å². The fourth-order valence-electron chi connectivity index (χ4n) is 4.23. The predicted molar refractivity (Wildman–Crippen MR) is 133 cm³/mol. The SMILES string of the molecule is Cc1ccccc1Cn1cnc2c(cnn2CCNC(=O)Cc2cccc3ccccc23)c1=O. The summed E-state index contributed by atoms with van der Waals surface area (Å²) in [7, 11) is 0. The highest BCUT2D eigenvalue weighted by Crippen LogP contribution is 2.18. The summed E-state index contributed by atoms with van der Waals surface area (Å²) in [5.74, 6) is -0.0543. The molecule has 0 atom stereocenters. The van der Waals surface area contributed by atoms with Gasteiger partial charge in [0, 0.05) is 6.54 Å². The molecule has 0 aliphatic heterocycles. The molecule has 0 aliphatic carbocycles. The second-order valence-corrected chi connectivity index (χ2v) is 8.37. The second kappa shape index (κ2) is 9.31. The molecule has 0 saturated carbocycles. The Kier molecular flexibility index (Phi) is 5.91. The monoisotopic (exact) mass is 451 g/mol. The molecule has 170 valence electrons. The number of aromatic nitrogens is 4. The molecule has 0 saturated heterocycles. The van der Waals surface area contributed by atoms with Gasteiger partial charge in [0.1, 0.15) is 11.7 Å². The molecule has 0 unspecified atom stereocenters. The molecule has 2 heterocycles. The van der Waals surface area contributed by atoms with Gasteiger partial charge in [-0.25, -0.2) is 9.67 Å². The molecular weight excluding hydrogens is 426 g/mol. The molecule has 7 heteroatoms. The third-order valence-electron chi connectivity index (χ3n) is 6.10. The van der Waals surface area contributed by atoms with Crippen molar-refractivity contribution in [1.82, 2.24) is 24.6 Å². The first-order valence-electron chi connectivity index (χ1n) is 11.3. The van der Waals surface area contributed by atoms with E-state index in [9.17, 15) is 9.59 Å². The Bertz CT molecular complexity index is 1540. The predicted octanol–water partition coefficient (Wildman–Crippen LogP) is 3.46. The van der Waals surface area contributed by atoms with Crippen molar-refractivity contribution in [1.29, 1.82) is 0 Å². The number of nitrogens with one attached hydrogen (secondary N) is 1. The summed E-state index contributed by atoms with van der Waals surface area (Å²) in [6.45, 7) is 3.32. The van der Waals surface area contributed by atoms with E-state index in [0.29, 0.717) is 37.1 Å². The lowest BCUT2D eigenvalue weighted by molar-refractivity contribution is -0.120. The van der Waals surface area contributed by atoms with Crippen LogP contribution in [0.3, 0.4) is 0 Å². The Labute approximate surface area is 196 Å². The van der Waals surface area contributed by atoms with Crippen LogP contribution in [0.1, 0.15) is 16.7 Å². The highest BCUT2D eigenvalue weighted by Gasteiger charge is 2.12. The lowest BCUT2D eigenvalue weighted by Gasteiger charge is -2.09. The Morgan fingerprint density at radius 1 is 0.941 bits per heavy atom. The molecule has 5 rings (SSSR count). The van der Waals surface area contributed by atoms with E-state index in [4.69, 9.17) is 0 Å². The Morgan fingerprint density at radius 2 is 1.71 bits per heavy atom. The van der Waals surface area contributed by atoms with E-state index < -0.39 is 0 Å². The number of aryl methyl sites for hydroxylation is 1. The van der Waals surface area contributed by atoms with E-state index in [1.807, 2.05) is 73.7 Å². The fourth-order valence-corrected chi connectivity index (χ4v) is 4.23. The lowest BCUT2D eigenvalue weighted by Crippen LogP contribution is -2.29. The van der Waals surface area contributed by atoms with Crippen LogP contribution >= 0.6 is 0 Å². The molecule has 0 radical (unpaired) electrons. The topological polar surface area (TPSA) is 81.8 Å². The highest BCUT2D eigenvalue weighted by atomic mass is 16.1. The Hall–Kier alpha value is -4.26. The Morgan fingerprint density at radius 3 is 2.59 bits per heavy atom. The second-order valence-electron chi connectivity index (χ2n) is 8.37. The largest absolute Gasteiger partial charge is 0.354 e. The third kappa shape index (κ3) is 4.32. The van der Waals surface area contributed by atoms with Gasteiger partial charge < -0.3 is 5.32 Å². The van der Waals surface area contributed by atoms with Gasteiger partial charge in [-0.05, 0) is 34.4 Å². The van der Waals surface area contributed by atoms with E-state index in [1.165, 1.54) is 0 Å². The van der Waals surface area contributed by atoms with E-state index in [1.54, 1.807) is 21.8 Å². The van der Waals surface area contributed by atoms with Crippen LogP contribution in [0.15, 0.2) is 84.0 Å². The van der Waals surface area contributed by atoms with Crippen LogP contribution in [0.25, 0.3) is 21.8 Å². The molecule has 1 N–H and O–H groups in total. The molecule has 0 fully saturated rings. The number of rotatable bonds is 7. The minimum atomic E-state index is -0.125. The van der Waals surface area contributed by atoms with E-state index in [0.717, 1.165) is 27.5 Å². The third-order valence-corrected chi connectivity index (χ3v) is 6.10. The zero-order chi connectivity index (χ0) is 23.5. The summed E-state index contributed by atoms with van der Waals surface area (Å²) in [6.07, 6.45) is 3.42. The van der Waals surface area contributed by atoms with Gasteiger partial charge in [-0.15, -0.1) is 0 Å². The minimum absolute atomic E-state index is 0.0543. The van der Waals surface area contributed by atoms with Crippen LogP contribution < -0.4 is 10.9 Å². The van der Waals surface area contributed by atoms with Gasteiger partial charge in [-0.1, -0.05) is 66.7 Å². The number of amides is 1. The smallest absolute Gasteiger partial charge is 0.264 e. The average Bonchev–Trinajstić information content (AvgIpc) is 3.26. The van der Waals surface area contributed by atoms with Gasteiger partial charge in [0.25, 0.3) is 5.56 Å². The number of nitrogens with zero attached hydrogens (tertiary/aromatic N) is 4. The summed E-state index contributed by atoms with van der Waals surface area (Å²) in [5.41, 5.74) is 3.60. The van der Waals surface area contributed by atoms with E-state index >= 15 is 0 Å². The van der Waals surface area contributed by atoms with Crippen molar-refractivity contribution < 1.29 is 4.79 Å². The lowest BCUT2D eigenvalue weighted by atomic mass is 10.0. The van der Waals surface area contributed by atoms with Crippen molar-refractivity contribution in [2.45, 2.75) is 26.4 Å². The van der Waals surface area contributed by atoms with Crippen LogP contribution in [0.5, 0.6) is 0 Å². The van der Waals surface area contributed by atoms with Gasteiger partial charge in [-0.2, -0.15) is 5.10 Å². The number of benzene rings is 3. The number of hydrogen-bond donors (Lipinski definition) is 1. The quantitative estimate of drug-likeness (QED) is 0.411. The molecule has 7 nitrogen and oxygen atoms in total. The molecule has 5 aromatic rings. The maximum Gasteiger partial charge on any atom is 0.264 e. The molecule has 1 amide bonds. The van der Waals surface area contributed by atoms with Crippen LogP contribution in [-0.4, -0.2) is 31.8 Å². The van der Waals surface area contributed by atoms with Crippen LogP contribution in [0, 0.1) is 6.92 Å². The average molecular weight is 452 g/mol. The summed E-state index contributed by atoms with van der Waals surface area (Å²) in [5, 5.41) is 9.96. The molecular formula is C27H25N5O2. The fraction of sp³-hybridized carbons (Fsp3) is 0.185. The number of carbonyl (C=O) groups is 1. The van der Waals surface area contributed by atoms with Crippen LogP contribution in [0.2, 0.25) is 0 Å². The van der Waals surface area contributed by atoms with Crippen molar-refractivity contribution in [3.8, 4) is 0 Å². The van der Waals surface area contributed by atoms with E-state index in [-0.39, 0.29) is 11.5 Å². The summed E-state index contributed by atoms with van der Waals surface area (Å²) in [6, 6.07) is 22.0. The number of carbonyl (C=O) groups excluding carboxylic acids is 1. The number of fused-ring (bicyclic) bond motifs is 2. The molecule has 2 aromatic heterocycles. The first-order valence-corrected chi connectivity index (χ1v) is 11.3.